The van der Waals surface area contributed by atoms with E-state index >= 15 is 0 Å². The maximum absolute atomic E-state index is 14.2. The second kappa shape index (κ2) is 14.6. The van der Waals surface area contributed by atoms with Gasteiger partial charge in [-0.25, -0.2) is 8.42 Å². The lowest BCUT2D eigenvalue weighted by atomic mass is 10.1. The van der Waals surface area contributed by atoms with Crippen LogP contribution in [0.1, 0.15) is 51.5 Å². The molecule has 0 spiro atoms. The topological polar surface area (TPSA) is 96.0 Å². The summed E-state index contributed by atoms with van der Waals surface area (Å²) in [6.07, 6.45) is 4.34. The highest BCUT2D eigenvalue weighted by molar-refractivity contribution is 7.92. The number of ether oxygens (including phenoxy) is 1. The Morgan fingerprint density at radius 3 is 2.19 bits per heavy atom. The van der Waals surface area contributed by atoms with Crippen molar-refractivity contribution in [3.05, 3.63) is 89.4 Å². The standard InChI is InChI=1S/C32H38ClN3O5S/c1-3-30(32(38)34-26-12-8-9-13-26)35(22-24-10-6-5-7-11-24)31(37)23-36(27-16-18-28(19-17-27)41-4-2)42(39,40)29-20-14-25(33)15-21-29/h5-7,10-11,14-21,26,30H,3-4,8-9,12-13,22-23H2,1-2H3,(H,34,38)/t30-/m0/s1. The van der Waals surface area contributed by atoms with E-state index in [2.05, 4.69) is 5.32 Å². The highest BCUT2D eigenvalue weighted by atomic mass is 35.5. The van der Waals surface area contributed by atoms with Gasteiger partial charge in [0.05, 0.1) is 17.2 Å². The molecule has 1 fully saturated rings. The summed E-state index contributed by atoms with van der Waals surface area (Å²) in [6, 6.07) is 21.1. The smallest absolute Gasteiger partial charge is 0.264 e. The summed E-state index contributed by atoms with van der Waals surface area (Å²) in [5, 5.41) is 3.52. The van der Waals surface area contributed by atoms with Gasteiger partial charge in [0.1, 0.15) is 18.3 Å². The van der Waals surface area contributed by atoms with Crippen molar-refractivity contribution in [3.8, 4) is 5.75 Å². The summed E-state index contributed by atoms with van der Waals surface area (Å²) < 4.78 is 34.6. The van der Waals surface area contributed by atoms with E-state index in [4.69, 9.17) is 16.3 Å². The first-order chi connectivity index (χ1) is 20.2. The summed E-state index contributed by atoms with van der Waals surface area (Å²) in [5.41, 5.74) is 1.14. The Labute approximate surface area is 253 Å². The molecular weight excluding hydrogens is 574 g/mol. The number of hydrogen-bond donors (Lipinski definition) is 1. The fraction of sp³-hybridized carbons (Fsp3) is 0.375. The Balaban J connectivity index is 1.70. The zero-order valence-electron chi connectivity index (χ0n) is 24.0. The first-order valence-electron chi connectivity index (χ1n) is 14.4. The lowest BCUT2D eigenvalue weighted by Crippen LogP contribution is -2.53. The van der Waals surface area contributed by atoms with Gasteiger partial charge in [0, 0.05) is 17.6 Å². The predicted molar refractivity (Wildman–Crippen MR) is 165 cm³/mol. The van der Waals surface area contributed by atoms with Crippen molar-refractivity contribution in [3.63, 3.8) is 0 Å². The molecule has 1 N–H and O–H groups in total. The minimum atomic E-state index is -4.18. The predicted octanol–water partition coefficient (Wildman–Crippen LogP) is 5.80. The molecule has 224 valence electrons. The van der Waals surface area contributed by atoms with Gasteiger partial charge < -0.3 is 15.0 Å². The molecule has 1 saturated carbocycles. The van der Waals surface area contributed by atoms with Gasteiger partial charge in [0.2, 0.25) is 11.8 Å². The molecule has 3 aromatic carbocycles. The van der Waals surface area contributed by atoms with E-state index in [9.17, 15) is 18.0 Å². The third kappa shape index (κ3) is 7.83. The number of halogens is 1. The van der Waals surface area contributed by atoms with E-state index in [0.29, 0.717) is 29.5 Å². The normalized spacial score (nSPS) is 14.3. The Kier molecular flexibility index (Phi) is 10.9. The molecule has 1 aliphatic rings. The number of nitrogens with zero attached hydrogens (tertiary/aromatic N) is 2. The molecule has 1 atom stereocenters. The third-order valence-electron chi connectivity index (χ3n) is 7.40. The number of hydrogen-bond acceptors (Lipinski definition) is 5. The van der Waals surface area contributed by atoms with Crippen molar-refractivity contribution in [1.82, 2.24) is 10.2 Å². The van der Waals surface area contributed by atoms with E-state index in [1.54, 1.807) is 24.3 Å². The van der Waals surface area contributed by atoms with E-state index in [-0.39, 0.29) is 23.4 Å². The minimum Gasteiger partial charge on any atom is -0.494 e. The molecule has 8 nitrogen and oxygen atoms in total. The van der Waals surface area contributed by atoms with Gasteiger partial charge in [0.25, 0.3) is 10.0 Å². The number of nitrogens with one attached hydrogen (secondary N) is 1. The first-order valence-corrected chi connectivity index (χ1v) is 16.2. The van der Waals surface area contributed by atoms with Gasteiger partial charge >= 0.3 is 0 Å². The number of rotatable bonds is 13. The molecule has 0 aromatic heterocycles. The fourth-order valence-corrected chi connectivity index (χ4v) is 6.75. The molecule has 2 amide bonds. The van der Waals surface area contributed by atoms with Crippen molar-refractivity contribution < 1.29 is 22.7 Å². The molecule has 0 saturated heterocycles. The van der Waals surface area contributed by atoms with Crippen LogP contribution in [0.25, 0.3) is 0 Å². The Hall–Kier alpha value is -3.56. The van der Waals surface area contributed by atoms with Gasteiger partial charge in [0.15, 0.2) is 0 Å². The number of benzene rings is 3. The van der Waals surface area contributed by atoms with Crippen LogP contribution in [0.4, 0.5) is 5.69 Å². The molecule has 0 unspecified atom stereocenters. The molecule has 10 heteroatoms. The SMILES string of the molecule is CCOc1ccc(N(CC(=O)N(Cc2ccccc2)[C@@H](CC)C(=O)NC2CCCC2)S(=O)(=O)c2ccc(Cl)cc2)cc1. The van der Waals surface area contributed by atoms with Gasteiger partial charge in [-0.15, -0.1) is 0 Å². The monoisotopic (exact) mass is 611 g/mol. The average molecular weight is 612 g/mol. The molecule has 0 radical (unpaired) electrons. The van der Waals surface area contributed by atoms with E-state index in [0.717, 1.165) is 35.6 Å². The van der Waals surface area contributed by atoms with Crippen molar-refractivity contribution in [2.24, 2.45) is 0 Å². The Morgan fingerprint density at radius 1 is 0.952 bits per heavy atom. The number of anilines is 1. The number of carbonyl (C=O) groups is 2. The molecule has 0 aliphatic heterocycles. The number of amides is 2. The van der Waals surface area contributed by atoms with Crippen LogP contribution in [0, 0.1) is 0 Å². The summed E-state index contributed by atoms with van der Waals surface area (Å²) >= 11 is 6.03. The van der Waals surface area contributed by atoms with Gasteiger partial charge in [-0.2, -0.15) is 0 Å². The Bertz CT molecular complexity index is 1430. The zero-order valence-corrected chi connectivity index (χ0v) is 25.6. The summed E-state index contributed by atoms with van der Waals surface area (Å²) in [5.74, 6) is -0.127. The van der Waals surface area contributed by atoms with Crippen LogP contribution in [-0.4, -0.2) is 50.4 Å². The second-order valence-corrected chi connectivity index (χ2v) is 12.6. The molecular formula is C32H38ClN3O5S. The lowest BCUT2D eigenvalue weighted by molar-refractivity contribution is -0.140. The maximum atomic E-state index is 14.2. The average Bonchev–Trinajstić information content (AvgIpc) is 3.50. The largest absolute Gasteiger partial charge is 0.494 e. The highest BCUT2D eigenvalue weighted by Crippen LogP contribution is 2.28. The minimum absolute atomic E-state index is 0.00536. The number of carbonyl (C=O) groups excluding carboxylic acids is 2. The number of sulfonamides is 1. The van der Waals surface area contributed by atoms with E-state index in [1.807, 2.05) is 44.2 Å². The molecule has 42 heavy (non-hydrogen) atoms. The van der Waals surface area contributed by atoms with E-state index in [1.165, 1.54) is 29.2 Å². The van der Waals surface area contributed by atoms with E-state index < -0.39 is 28.5 Å². The highest BCUT2D eigenvalue weighted by Gasteiger charge is 2.34. The van der Waals surface area contributed by atoms with Crippen LogP contribution in [0.5, 0.6) is 5.75 Å². The van der Waals surface area contributed by atoms with Gasteiger partial charge in [-0.05, 0) is 80.3 Å². The van der Waals surface area contributed by atoms with Crippen LogP contribution in [-0.2, 0) is 26.2 Å². The van der Waals surface area contributed by atoms with Gasteiger partial charge in [-0.1, -0.05) is 61.7 Å². The lowest BCUT2D eigenvalue weighted by Gasteiger charge is -2.33. The fourth-order valence-electron chi connectivity index (χ4n) is 5.20. The van der Waals surface area contributed by atoms with Crippen LogP contribution < -0.4 is 14.4 Å². The van der Waals surface area contributed by atoms with Crippen LogP contribution in [0.15, 0.2) is 83.8 Å². The zero-order chi connectivity index (χ0) is 30.1. The van der Waals surface area contributed by atoms with Crippen LogP contribution in [0.2, 0.25) is 5.02 Å². The van der Waals surface area contributed by atoms with Gasteiger partial charge in [-0.3, -0.25) is 13.9 Å². The van der Waals surface area contributed by atoms with Crippen molar-refractivity contribution in [2.75, 3.05) is 17.5 Å². The molecule has 4 rings (SSSR count). The Morgan fingerprint density at radius 2 is 1.60 bits per heavy atom. The quantitative estimate of drug-likeness (QED) is 0.264. The van der Waals surface area contributed by atoms with Crippen molar-refractivity contribution in [2.45, 2.75) is 69.5 Å². The third-order valence-corrected chi connectivity index (χ3v) is 9.44. The summed E-state index contributed by atoms with van der Waals surface area (Å²) in [4.78, 5) is 29.2. The molecule has 1 aliphatic carbocycles. The van der Waals surface area contributed by atoms with Crippen LogP contribution in [0.3, 0.4) is 0 Å². The molecule has 0 heterocycles. The van der Waals surface area contributed by atoms with Crippen molar-refractivity contribution in [1.29, 1.82) is 0 Å². The maximum Gasteiger partial charge on any atom is 0.264 e. The summed E-state index contributed by atoms with van der Waals surface area (Å²) in [7, 11) is -4.18. The molecule has 0 bridgehead atoms. The first kappa shape index (κ1) is 31.4. The van der Waals surface area contributed by atoms with Crippen molar-refractivity contribution >= 4 is 39.1 Å². The summed E-state index contributed by atoms with van der Waals surface area (Å²) in [6.45, 7) is 3.84. The second-order valence-electron chi connectivity index (χ2n) is 10.3. The van der Waals surface area contributed by atoms with Crippen LogP contribution >= 0.6 is 11.6 Å². The molecule has 3 aromatic rings.